The van der Waals surface area contributed by atoms with Crippen molar-refractivity contribution in [1.82, 2.24) is 10.6 Å². The molecular formula is C22H26N2O4. The Kier molecular flexibility index (Phi) is 7.32. The number of carboxylic acid groups (broad SMARTS) is 1. The molecule has 3 N–H and O–H groups in total. The van der Waals surface area contributed by atoms with Gasteiger partial charge in [-0.1, -0.05) is 61.9 Å². The summed E-state index contributed by atoms with van der Waals surface area (Å²) in [4.78, 5) is 36.4. The zero-order valence-electron chi connectivity index (χ0n) is 16.3. The standard InChI is InChI=1S/C22H26N2O4/c1-14(2)20(22(27)28)24-19(25)13-18(16-7-5-4-6-8-16)23-21(26)17-11-9-15(3)10-12-17/h4-12,14,18,20H,13H2,1-3H3,(H,23,26)(H,24,25)(H,27,28)/t18?,20-/m1/s1. The van der Waals surface area contributed by atoms with Crippen molar-refractivity contribution in [3.05, 3.63) is 71.3 Å². The largest absolute Gasteiger partial charge is 0.480 e. The van der Waals surface area contributed by atoms with Gasteiger partial charge in [0.15, 0.2) is 0 Å². The Morgan fingerprint density at radius 2 is 1.54 bits per heavy atom. The van der Waals surface area contributed by atoms with E-state index in [-0.39, 0.29) is 18.2 Å². The van der Waals surface area contributed by atoms with Crippen LogP contribution in [-0.2, 0) is 9.59 Å². The Bertz CT molecular complexity index is 816. The Balaban J connectivity index is 2.16. The number of carbonyl (C=O) groups excluding carboxylic acids is 2. The highest BCUT2D eigenvalue weighted by molar-refractivity contribution is 5.95. The number of aryl methyl sites for hydroxylation is 1. The smallest absolute Gasteiger partial charge is 0.326 e. The van der Waals surface area contributed by atoms with E-state index < -0.39 is 24.0 Å². The molecule has 6 heteroatoms. The first-order valence-electron chi connectivity index (χ1n) is 9.22. The van der Waals surface area contributed by atoms with Gasteiger partial charge in [-0.2, -0.15) is 0 Å². The van der Waals surface area contributed by atoms with Gasteiger partial charge in [0.05, 0.1) is 12.5 Å². The molecule has 0 bridgehead atoms. The summed E-state index contributed by atoms with van der Waals surface area (Å²) in [6.45, 7) is 5.40. The maximum atomic E-state index is 12.6. The number of carbonyl (C=O) groups is 3. The van der Waals surface area contributed by atoms with Gasteiger partial charge in [0.1, 0.15) is 6.04 Å². The second-order valence-corrected chi connectivity index (χ2v) is 7.13. The molecule has 0 saturated carbocycles. The van der Waals surface area contributed by atoms with E-state index in [9.17, 15) is 19.5 Å². The Labute approximate surface area is 165 Å². The lowest BCUT2D eigenvalue weighted by Gasteiger charge is -2.22. The van der Waals surface area contributed by atoms with Crippen molar-refractivity contribution in [2.75, 3.05) is 0 Å². The number of benzene rings is 2. The van der Waals surface area contributed by atoms with Crippen LogP contribution < -0.4 is 10.6 Å². The van der Waals surface area contributed by atoms with Gasteiger partial charge < -0.3 is 15.7 Å². The minimum Gasteiger partial charge on any atom is -0.480 e. The Morgan fingerprint density at radius 3 is 2.07 bits per heavy atom. The summed E-state index contributed by atoms with van der Waals surface area (Å²) in [5.41, 5.74) is 2.32. The SMILES string of the molecule is Cc1ccc(C(=O)NC(CC(=O)N[C@@H](C(=O)O)C(C)C)c2ccccc2)cc1. The lowest BCUT2D eigenvalue weighted by Crippen LogP contribution is -2.45. The fourth-order valence-corrected chi connectivity index (χ4v) is 2.82. The zero-order chi connectivity index (χ0) is 20.7. The number of aliphatic carboxylic acids is 1. The van der Waals surface area contributed by atoms with Crippen molar-refractivity contribution in [1.29, 1.82) is 0 Å². The molecule has 0 fully saturated rings. The van der Waals surface area contributed by atoms with Crippen LogP contribution in [0.2, 0.25) is 0 Å². The second-order valence-electron chi connectivity index (χ2n) is 7.13. The molecule has 0 aliphatic carbocycles. The van der Waals surface area contributed by atoms with Gasteiger partial charge in [-0.15, -0.1) is 0 Å². The van der Waals surface area contributed by atoms with Crippen LogP contribution in [0.1, 0.15) is 47.8 Å². The van der Waals surface area contributed by atoms with Crippen LogP contribution in [-0.4, -0.2) is 28.9 Å². The van der Waals surface area contributed by atoms with E-state index in [4.69, 9.17) is 0 Å². The van der Waals surface area contributed by atoms with E-state index >= 15 is 0 Å². The summed E-state index contributed by atoms with van der Waals surface area (Å²) in [5, 5.41) is 14.7. The second kappa shape index (κ2) is 9.69. The molecule has 2 amide bonds. The molecule has 0 aromatic heterocycles. The molecule has 1 unspecified atom stereocenters. The van der Waals surface area contributed by atoms with E-state index in [1.54, 1.807) is 26.0 Å². The number of amides is 2. The van der Waals surface area contributed by atoms with Gasteiger partial charge >= 0.3 is 5.97 Å². The maximum Gasteiger partial charge on any atom is 0.326 e. The van der Waals surface area contributed by atoms with Crippen molar-refractivity contribution in [3.8, 4) is 0 Å². The van der Waals surface area contributed by atoms with E-state index in [0.29, 0.717) is 5.56 Å². The third-order valence-electron chi connectivity index (χ3n) is 4.46. The molecule has 2 aromatic rings. The Hall–Kier alpha value is -3.15. The van der Waals surface area contributed by atoms with Crippen LogP contribution in [0.25, 0.3) is 0 Å². The normalized spacial score (nSPS) is 12.9. The average molecular weight is 382 g/mol. The number of nitrogens with one attached hydrogen (secondary N) is 2. The number of hydrogen-bond acceptors (Lipinski definition) is 3. The quantitative estimate of drug-likeness (QED) is 0.654. The average Bonchev–Trinajstić information content (AvgIpc) is 2.66. The highest BCUT2D eigenvalue weighted by Crippen LogP contribution is 2.18. The van der Waals surface area contributed by atoms with Gasteiger partial charge in [-0.25, -0.2) is 4.79 Å². The molecule has 0 aliphatic heterocycles. The monoisotopic (exact) mass is 382 g/mol. The van der Waals surface area contributed by atoms with Gasteiger partial charge in [-0.3, -0.25) is 9.59 Å². The fraction of sp³-hybridized carbons (Fsp3) is 0.318. The van der Waals surface area contributed by atoms with Crippen LogP contribution in [0, 0.1) is 12.8 Å². The van der Waals surface area contributed by atoms with Crippen molar-refractivity contribution in [2.45, 2.75) is 39.3 Å². The lowest BCUT2D eigenvalue weighted by atomic mass is 10.0. The Morgan fingerprint density at radius 1 is 0.929 bits per heavy atom. The number of rotatable bonds is 8. The fourth-order valence-electron chi connectivity index (χ4n) is 2.82. The summed E-state index contributed by atoms with van der Waals surface area (Å²) in [5.74, 6) is -2.05. The molecule has 0 spiro atoms. The topological polar surface area (TPSA) is 95.5 Å². The van der Waals surface area contributed by atoms with E-state index in [1.807, 2.05) is 49.4 Å². The van der Waals surface area contributed by atoms with Gasteiger partial charge in [0.25, 0.3) is 5.91 Å². The van der Waals surface area contributed by atoms with Gasteiger partial charge in [0.2, 0.25) is 5.91 Å². The molecule has 0 heterocycles. The summed E-state index contributed by atoms with van der Waals surface area (Å²) in [6, 6.07) is 14.7. The molecular weight excluding hydrogens is 356 g/mol. The minimum atomic E-state index is -1.08. The molecule has 6 nitrogen and oxygen atoms in total. The predicted octanol–water partition coefficient (Wildman–Crippen LogP) is 3.08. The van der Waals surface area contributed by atoms with Crippen molar-refractivity contribution in [3.63, 3.8) is 0 Å². The van der Waals surface area contributed by atoms with Gasteiger partial charge in [-0.05, 0) is 30.5 Å². The molecule has 148 valence electrons. The maximum absolute atomic E-state index is 12.6. The molecule has 0 aliphatic rings. The highest BCUT2D eigenvalue weighted by atomic mass is 16.4. The van der Waals surface area contributed by atoms with E-state index in [0.717, 1.165) is 11.1 Å². The summed E-state index contributed by atoms with van der Waals surface area (Å²) in [7, 11) is 0. The summed E-state index contributed by atoms with van der Waals surface area (Å²) < 4.78 is 0. The number of hydrogen-bond donors (Lipinski definition) is 3. The minimum absolute atomic E-state index is 0.0574. The highest BCUT2D eigenvalue weighted by Gasteiger charge is 2.26. The summed E-state index contributed by atoms with van der Waals surface area (Å²) >= 11 is 0. The molecule has 2 atom stereocenters. The summed E-state index contributed by atoms with van der Waals surface area (Å²) in [6.07, 6.45) is -0.0574. The number of carboxylic acids is 1. The molecule has 2 aromatic carbocycles. The lowest BCUT2D eigenvalue weighted by molar-refractivity contribution is -0.143. The molecule has 0 saturated heterocycles. The predicted molar refractivity (Wildman–Crippen MR) is 107 cm³/mol. The first-order valence-corrected chi connectivity index (χ1v) is 9.22. The first-order chi connectivity index (χ1) is 13.3. The van der Waals surface area contributed by atoms with E-state index in [2.05, 4.69) is 10.6 Å². The first kappa shape index (κ1) is 21.2. The van der Waals surface area contributed by atoms with Gasteiger partial charge in [0, 0.05) is 5.56 Å². The van der Waals surface area contributed by atoms with E-state index in [1.165, 1.54) is 0 Å². The van der Waals surface area contributed by atoms with Crippen molar-refractivity contribution in [2.24, 2.45) is 5.92 Å². The zero-order valence-corrected chi connectivity index (χ0v) is 16.3. The van der Waals surface area contributed by atoms with Crippen LogP contribution in [0.4, 0.5) is 0 Å². The van der Waals surface area contributed by atoms with Crippen LogP contribution >= 0.6 is 0 Å². The van der Waals surface area contributed by atoms with Crippen LogP contribution in [0.3, 0.4) is 0 Å². The van der Waals surface area contributed by atoms with Crippen LogP contribution in [0.5, 0.6) is 0 Å². The third-order valence-corrected chi connectivity index (χ3v) is 4.46. The molecule has 2 rings (SSSR count). The van der Waals surface area contributed by atoms with Crippen molar-refractivity contribution >= 4 is 17.8 Å². The molecule has 28 heavy (non-hydrogen) atoms. The van der Waals surface area contributed by atoms with Crippen LogP contribution in [0.15, 0.2) is 54.6 Å². The molecule has 0 radical (unpaired) electrons. The van der Waals surface area contributed by atoms with Crippen molar-refractivity contribution < 1.29 is 19.5 Å². The third kappa shape index (κ3) is 5.94.